The molecule has 1 heterocycles. The van der Waals surface area contributed by atoms with Crippen LogP contribution in [-0.4, -0.2) is 11.9 Å². The van der Waals surface area contributed by atoms with Gasteiger partial charge >= 0.3 is 5.97 Å². The molecule has 2 aromatic carbocycles. The third kappa shape index (κ3) is 2.85. The number of carbonyl (C=O) groups excluding carboxylic acids is 1. The lowest BCUT2D eigenvalue weighted by Gasteiger charge is -2.02. The molecule has 0 amide bonds. The standard InChI is InChI=1S/C17H11BrFNO2/c1-10-4-2-3-5-12(10)16-20-15(17(21)22-16)9-11-6-7-14(19)13(18)8-11/h2-9H,1H3/b15-9+. The van der Waals surface area contributed by atoms with Gasteiger partial charge in [-0.1, -0.05) is 24.3 Å². The Balaban J connectivity index is 1.98. The van der Waals surface area contributed by atoms with Gasteiger partial charge in [-0.25, -0.2) is 14.2 Å². The molecule has 5 heteroatoms. The predicted molar refractivity (Wildman–Crippen MR) is 85.9 cm³/mol. The number of carbonyl (C=O) groups is 1. The second-order valence-corrected chi connectivity index (χ2v) is 5.68. The SMILES string of the molecule is Cc1ccccc1C1=N/C(=C/c2ccc(F)c(Br)c2)C(=O)O1. The molecule has 2 aromatic rings. The summed E-state index contributed by atoms with van der Waals surface area (Å²) < 4.78 is 18.8. The molecule has 0 N–H and O–H groups in total. The van der Waals surface area contributed by atoms with E-state index >= 15 is 0 Å². The molecule has 0 saturated heterocycles. The quantitative estimate of drug-likeness (QED) is 0.594. The van der Waals surface area contributed by atoms with Crippen LogP contribution in [0.1, 0.15) is 16.7 Å². The molecule has 0 radical (unpaired) electrons. The van der Waals surface area contributed by atoms with Crippen LogP contribution in [0.5, 0.6) is 0 Å². The summed E-state index contributed by atoms with van der Waals surface area (Å²) in [5.41, 5.74) is 2.60. The molecule has 0 aromatic heterocycles. The van der Waals surface area contributed by atoms with Crippen molar-refractivity contribution in [1.82, 2.24) is 0 Å². The molecule has 1 aliphatic heterocycles. The van der Waals surface area contributed by atoms with Gasteiger partial charge in [-0.15, -0.1) is 0 Å². The van der Waals surface area contributed by atoms with Crippen LogP contribution in [0, 0.1) is 12.7 Å². The van der Waals surface area contributed by atoms with E-state index < -0.39 is 5.97 Å². The highest BCUT2D eigenvalue weighted by Gasteiger charge is 2.24. The lowest BCUT2D eigenvalue weighted by atomic mass is 10.1. The van der Waals surface area contributed by atoms with Crippen LogP contribution < -0.4 is 0 Å². The van der Waals surface area contributed by atoms with E-state index in [-0.39, 0.29) is 17.4 Å². The van der Waals surface area contributed by atoms with Crippen molar-refractivity contribution in [2.24, 2.45) is 4.99 Å². The van der Waals surface area contributed by atoms with Gasteiger partial charge in [0.15, 0.2) is 5.70 Å². The molecule has 0 fully saturated rings. The summed E-state index contributed by atoms with van der Waals surface area (Å²) in [6, 6.07) is 12.0. The molecule has 110 valence electrons. The van der Waals surface area contributed by atoms with Gasteiger partial charge in [0.1, 0.15) is 5.82 Å². The average molecular weight is 360 g/mol. The largest absolute Gasteiger partial charge is 0.402 e. The minimum absolute atomic E-state index is 0.191. The highest BCUT2D eigenvalue weighted by Crippen LogP contribution is 2.23. The first kappa shape index (κ1) is 14.7. The molecule has 0 atom stereocenters. The van der Waals surface area contributed by atoms with Crippen LogP contribution in [0.15, 0.2) is 57.6 Å². The van der Waals surface area contributed by atoms with E-state index in [4.69, 9.17) is 4.74 Å². The van der Waals surface area contributed by atoms with E-state index in [0.717, 1.165) is 11.1 Å². The molecule has 0 saturated carbocycles. The number of hydrogen-bond donors (Lipinski definition) is 0. The van der Waals surface area contributed by atoms with Crippen molar-refractivity contribution in [3.63, 3.8) is 0 Å². The van der Waals surface area contributed by atoms with Crippen LogP contribution in [0.2, 0.25) is 0 Å². The Kier molecular flexibility index (Phi) is 3.90. The minimum atomic E-state index is -0.515. The second kappa shape index (κ2) is 5.85. The van der Waals surface area contributed by atoms with Crippen molar-refractivity contribution < 1.29 is 13.9 Å². The van der Waals surface area contributed by atoms with E-state index in [1.165, 1.54) is 6.07 Å². The maximum atomic E-state index is 13.2. The number of aliphatic imine (C=N–C) groups is 1. The highest BCUT2D eigenvalue weighted by molar-refractivity contribution is 9.10. The van der Waals surface area contributed by atoms with Crippen molar-refractivity contribution in [2.45, 2.75) is 6.92 Å². The fourth-order valence-electron chi connectivity index (χ4n) is 2.10. The van der Waals surface area contributed by atoms with Crippen LogP contribution >= 0.6 is 15.9 Å². The van der Waals surface area contributed by atoms with Gasteiger partial charge < -0.3 is 4.74 Å². The number of cyclic esters (lactones) is 1. The lowest BCUT2D eigenvalue weighted by molar-refractivity contribution is -0.129. The number of esters is 1. The van der Waals surface area contributed by atoms with E-state index in [2.05, 4.69) is 20.9 Å². The molecule has 0 aliphatic carbocycles. The number of nitrogens with zero attached hydrogens (tertiary/aromatic N) is 1. The van der Waals surface area contributed by atoms with Crippen LogP contribution in [-0.2, 0) is 9.53 Å². The van der Waals surface area contributed by atoms with E-state index in [0.29, 0.717) is 10.0 Å². The van der Waals surface area contributed by atoms with Gasteiger partial charge in [-0.2, -0.15) is 0 Å². The fourth-order valence-corrected chi connectivity index (χ4v) is 2.49. The summed E-state index contributed by atoms with van der Waals surface area (Å²) >= 11 is 3.11. The van der Waals surface area contributed by atoms with Gasteiger partial charge in [0.2, 0.25) is 5.90 Å². The normalized spacial score (nSPS) is 15.9. The molecule has 22 heavy (non-hydrogen) atoms. The molecule has 3 rings (SSSR count). The molecule has 1 aliphatic rings. The number of benzene rings is 2. The molecular formula is C17H11BrFNO2. The Morgan fingerprint density at radius 1 is 1.23 bits per heavy atom. The number of rotatable bonds is 2. The Hall–Kier alpha value is -2.27. The zero-order valence-electron chi connectivity index (χ0n) is 11.6. The Morgan fingerprint density at radius 2 is 2.00 bits per heavy atom. The summed E-state index contributed by atoms with van der Waals surface area (Å²) in [7, 11) is 0. The van der Waals surface area contributed by atoms with E-state index in [1.807, 2.05) is 31.2 Å². The summed E-state index contributed by atoms with van der Waals surface area (Å²) in [6.07, 6.45) is 1.57. The van der Waals surface area contributed by atoms with Gasteiger partial charge in [-0.3, -0.25) is 0 Å². The molecule has 0 unspecified atom stereocenters. The first-order valence-electron chi connectivity index (χ1n) is 6.58. The van der Waals surface area contributed by atoms with E-state index in [9.17, 15) is 9.18 Å². The Bertz CT molecular complexity index is 827. The Morgan fingerprint density at radius 3 is 2.73 bits per heavy atom. The summed E-state index contributed by atoms with van der Waals surface area (Å²) in [6.45, 7) is 1.92. The van der Waals surface area contributed by atoms with Gasteiger partial charge in [0.25, 0.3) is 0 Å². The minimum Gasteiger partial charge on any atom is -0.402 e. The van der Waals surface area contributed by atoms with E-state index in [1.54, 1.807) is 18.2 Å². The maximum absolute atomic E-state index is 13.2. The summed E-state index contributed by atoms with van der Waals surface area (Å²) in [4.78, 5) is 16.2. The summed E-state index contributed by atoms with van der Waals surface area (Å²) in [5, 5.41) is 0. The number of aryl methyl sites for hydroxylation is 1. The van der Waals surface area contributed by atoms with Crippen molar-refractivity contribution in [3.05, 3.63) is 75.1 Å². The predicted octanol–water partition coefficient (Wildman–Crippen LogP) is 4.24. The Labute approximate surface area is 135 Å². The van der Waals surface area contributed by atoms with Crippen LogP contribution in [0.3, 0.4) is 0 Å². The molecule has 3 nitrogen and oxygen atoms in total. The monoisotopic (exact) mass is 359 g/mol. The van der Waals surface area contributed by atoms with Crippen molar-refractivity contribution in [1.29, 1.82) is 0 Å². The zero-order valence-corrected chi connectivity index (χ0v) is 13.2. The van der Waals surface area contributed by atoms with Crippen LogP contribution in [0.25, 0.3) is 6.08 Å². The smallest absolute Gasteiger partial charge is 0.363 e. The molecule has 0 spiro atoms. The van der Waals surface area contributed by atoms with Crippen molar-refractivity contribution in [2.75, 3.05) is 0 Å². The van der Waals surface area contributed by atoms with Gasteiger partial charge in [0, 0.05) is 5.56 Å². The third-order valence-corrected chi connectivity index (χ3v) is 3.85. The zero-order chi connectivity index (χ0) is 15.7. The first-order valence-corrected chi connectivity index (χ1v) is 7.37. The number of halogens is 2. The topological polar surface area (TPSA) is 38.7 Å². The maximum Gasteiger partial charge on any atom is 0.363 e. The first-order chi connectivity index (χ1) is 10.5. The molecule has 0 bridgehead atoms. The van der Waals surface area contributed by atoms with Gasteiger partial charge in [0.05, 0.1) is 4.47 Å². The van der Waals surface area contributed by atoms with Crippen molar-refractivity contribution >= 4 is 33.9 Å². The van der Waals surface area contributed by atoms with Crippen molar-refractivity contribution in [3.8, 4) is 0 Å². The fraction of sp³-hybridized carbons (Fsp3) is 0.0588. The molecular weight excluding hydrogens is 349 g/mol. The van der Waals surface area contributed by atoms with Gasteiger partial charge in [-0.05, 0) is 58.3 Å². The number of hydrogen-bond acceptors (Lipinski definition) is 3. The highest BCUT2D eigenvalue weighted by atomic mass is 79.9. The second-order valence-electron chi connectivity index (χ2n) is 4.82. The third-order valence-electron chi connectivity index (χ3n) is 3.24. The lowest BCUT2D eigenvalue weighted by Crippen LogP contribution is -2.06. The number of ether oxygens (including phenoxy) is 1. The summed E-state index contributed by atoms with van der Waals surface area (Å²) in [5.74, 6) is -0.588. The van der Waals surface area contributed by atoms with Crippen LogP contribution in [0.4, 0.5) is 4.39 Å². The average Bonchev–Trinajstić information content (AvgIpc) is 2.84.